The first-order chi connectivity index (χ1) is 17.0. The van der Waals surface area contributed by atoms with E-state index < -0.39 is 6.29 Å². The van der Waals surface area contributed by atoms with Crippen molar-refractivity contribution in [1.29, 1.82) is 0 Å². The summed E-state index contributed by atoms with van der Waals surface area (Å²) in [5.74, 6) is 1.08. The van der Waals surface area contributed by atoms with E-state index in [2.05, 4.69) is 19.9 Å². The Hall–Kier alpha value is -4.23. The molecule has 1 fully saturated rings. The van der Waals surface area contributed by atoms with Crippen LogP contribution in [-0.4, -0.2) is 69.1 Å². The summed E-state index contributed by atoms with van der Waals surface area (Å²) >= 11 is 0. The molecule has 13 nitrogen and oxygen atoms in total. The van der Waals surface area contributed by atoms with Gasteiger partial charge in [0, 0.05) is 12.1 Å². The molecule has 0 radical (unpaired) electrons. The Morgan fingerprint density at radius 2 is 1.34 bits per heavy atom. The third-order valence-electron chi connectivity index (χ3n) is 5.10. The Balaban J connectivity index is 0.000000168. The minimum Gasteiger partial charge on any atom is -0.495 e. The van der Waals surface area contributed by atoms with Gasteiger partial charge < -0.3 is 23.7 Å². The Kier molecular flexibility index (Phi) is 7.38. The monoisotopic (exact) mass is 482 g/mol. The van der Waals surface area contributed by atoms with Crippen molar-refractivity contribution in [1.82, 2.24) is 29.1 Å². The largest absolute Gasteiger partial charge is 0.495 e. The van der Waals surface area contributed by atoms with Crippen LogP contribution in [0.1, 0.15) is 0 Å². The molecule has 0 spiro atoms. The SMILES string of the molecule is COc1cnc2ncc(=O)n(CC3OCCO3)c2c1.COc1cnc2ncc(=O)n(CC=O)c2c1. The van der Waals surface area contributed by atoms with Gasteiger partial charge in [0.1, 0.15) is 17.8 Å². The van der Waals surface area contributed by atoms with Crippen LogP contribution < -0.4 is 20.6 Å². The highest BCUT2D eigenvalue weighted by Gasteiger charge is 2.18. The minimum atomic E-state index is -0.408. The van der Waals surface area contributed by atoms with Gasteiger partial charge in [-0.1, -0.05) is 0 Å². The smallest absolute Gasteiger partial charge is 0.270 e. The highest BCUT2D eigenvalue weighted by atomic mass is 16.7. The van der Waals surface area contributed by atoms with Gasteiger partial charge in [0.25, 0.3) is 11.1 Å². The number of aromatic nitrogens is 6. The highest BCUT2D eigenvalue weighted by molar-refractivity contribution is 5.73. The first-order valence-electron chi connectivity index (χ1n) is 10.5. The summed E-state index contributed by atoms with van der Waals surface area (Å²) in [6.45, 7) is 1.38. The number of ether oxygens (including phenoxy) is 4. The molecule has 0 bridgehead atoms. The fraction of sp³-hybridized carbons (Fsp3) is 0.318. The van der Waals surface area contributed by atoms with E-state index in [1.54, 1.807) is 25.4 Å². The molecule has 0 saturated carbocycles. The standard InChI is InChI=1S/C12H13N3O4.C10H9N3O3/c1-17-8-4-9-12(13-5-8)14-6-10(16)15(9)7-11-18-2-3-19-11;1-16-7-4-8-10(11-5-7)12-6-9(15)13(8)2-3-14/h4-6,11H,2-3,7H2,1H3;3-6H,2H2,1H3. The van der Waals surface area contributed by atoms with Crippen molar-refractivity contribution in [2.75, 3.05) is 27.4 Å². The van der Waals surface area contributed by atoms with Crippen LogP contribution in [-0.2, 0) is 27.4 Å². The van der Waals surface area contributed by atoms with Crippen LogP contribution in [0.3, 0.4) is 0 Å². The topological polar surface area (TPSA) is 150 Å². The van der Waals surface area contributed by atoms with Crippen molar-refractivity contribution in [3.05, 3.63) is 57.6 Å². The molecule has 35 heavy (non-hydrogen) atoms. The van der Waals surface area contributed by atoms with Gasteiger partial charge in [-0.05, 0) is 0 Å². The number of aldehydes is 1. The third kappa shape index (κ3) is 5.31. The first-order valence-corrected chi connectivity index (χ1v) is 10.5. The molecule has 4 aromatic rings. The molecule has 1 aliphatic rings. The van der Waals surface area contributed by atoms with Crippen LogP contribution in [0.5, 0.6) is 11.5 Å². The lowest BCUT2D eigenvalue weighted by atomic mass is 10.3. The van der Waals surface area contributed by atoms with Crippen molar-refractivity contribution < 1.29 is 23.7 Å². The van der Waals surface area contributed by atoms with Crippen molar-refractivity contribution in [3.8, 4) is 11.5 Å². The lowest BCUT2D eigenvalue weighted by Crippen LogP contribution is -2.27. The van der Waals surface area contributed by atoms with E-state index in [-0.39, 0.29) is 17.7 Å². The van der Waals surface area contributed by atoms with Crippen molar-refractivity contribution >= 4 is 28.6 Å². The lowest BCUT2D eigenvalue weighted by molar-refractivity contribution is -0.108. The Labute approximate surface area is 197 Å². The Bertz CT molecular complexity index is 1460. The number of fused-ring (bicyclic) bond motifs is 2. The fourth-order valence-electron chi connectivity index (χ4n) is 3.40. The van der Waals surface area contributed by atoms with Crippen LogP contribution in [0.25, 0.3) is 22.3 Å². The summed E-state index contributed by atoms with van der Waals surface area (Å²) in [5.41, 5.74) is 1.42. The second-order valence-corrected chi connectivity index (χ2v) is 7.19. The molecule has 0 aliphatic carbocycles. The zero-order chi connectivity index (χ0) is 24.8. The van der Waals surface area contributed by atoms with E-state index in [1.165, 1.54) is 28.6 Å². The van der Waals surface area contributed by atoms with E-state index >= 15 is 0 Å². The zero-order valence-electron chi connectivity index (χ0n) is 19.0. The van der Waals surface area contributed by atoms with E-state index in [4.69, 9.17) is 18.9 Å². The summed E-state index contributed by atoms with van der Waals surface area (Å²) in [5, 5.41) is 0. The van der Waals surface area contributed by atoms with Gasteiger partial charge in [0.15, 0.2) is 17.6 Å². The van der Waals surface area contributed by atoms with Gasteiger partial charge in [0.2, 0.25) is 0 Å². The summed E-state index contributed by atoms with van der Waals surface area (Å²) in [6.07, 6.45) is 5.70. The van der Waals surface area contributed by atoms with Crippen molar-refractivity contribution in [3.63, 3.8) is 0 Å². The average molecular weight is 482 g/mol. The number of carbonyl (C=O) groups is 1. The van der Waals surface area contributed by atoms with Gasteiger partial charge in [0.05, 0.1) is 76.3 Å². The maximum atomic E-state index is 11.9. The van der Waals surface area contributed by atoms with E-state index in [0.29, 0.717) is 59.9 Å². The van der Waals surface area contributed by atoms with E-state index in [1.807, 2.05) is 0 Å². The predicted molar refractivity (Wildman–Crippen MR) is 122 cm³/mol. The first kappa shape index (κ1) is 23.9. The molecule has 5 heterocycles. The molecule has 0 N–H and O–H groups in total. The van der Waals surface area contributed by atoms with Crippen LogP contribution in [0.2, 0.25) is 0 Å². The van der Waals surface area contributed by atoms with Crippen LogP contribution >= 0.6 is 0 Å². The van der Waals surface area contributed by atoms with Gasteiger partial charge in [-0.3, -0.25) is 18.7 Å². The summed E-state index contributed by atoms with van der Waals surface area (Å²) in [6, 6.07) is 3.35. The van der Waals surface area contributed by atoms with Crippen LogP contribution in [0.15, 0.2) is 46.5 Å². The van der Waals surface area contributed by atoms with Gasteiger partial charge >= 0.3 is 0 Å². The number of nitrogens with zero attached hydrogens (tertiary/aromatic N) is 6. The molecule has 1 saturated heterocycles. The van der Waals surface area contributed by atoms with Crippen molar-refractivity contribution in [2.24, 2.45) is 0 Å². The number of pyridine rings is 2. The van der Waals surface area contributed by atoms with E-state index in [0.717, 1.165) is 6.20 Å². The molecule has 1 aliphatic heterocycles. The van der Waals surface area contributed by atoms with Gasteiger partial charge in [-0.2, -0.15) is 0 Å². The molecule has 0 unspecified atom stereocenters. The number of carbonyl (C=O) groups excluding carboxylic acids is 1. The molecule has 0 amide bonds. The summed E-state index contributed by atoms with van der Waals surface area (Å²) in [4.78, 5) is 50.0. The normalized spacial score (nSPS) is 13.4. The molecule has 13 heteroatoms. The number of methoxy groups -OCH3 is 2. The third-order valence-corrected chi connectivity index (χ3v) is 5.10. The molecular weight excluding hydrogens is 460 g/mol. The lowest BCUT2D eigenvalue weighted by Gasteiger charge is -2.13. The maximum Gasteiger partial charge on any atom is 0.270 e. The molecule has 4 aromatic heterocycles. The van der Waals surface area contributed by atoms with Crippen LogP contribution in [0.4, 0.5) is 0 Å². The second-order valence-electron chi connectivity index (χ2n) is 7.19. The maximum absolute atomic E-state index is 11.9. The number of hydrogen-bond donors (Lipinski definition) is 0. The molecule has 182 valence electrons. The molecule has 0 aromatic carbocycles. The van der Waals surface area contributed by atoms with E-state index in [9.17, 15) is 14.4 Å². The minimum absolute atomic E-state index is 0.0211. The van der Waals surface area contributed by atoms with Gasteiger partial charge in [-0.25, -0.2) is 19.9 Å². The number of rotatable bonds is 6. The molecule has 5 rings (SSSR count). The van der Waals surface area contributed by atoms with Crippen LogP contribution in [0, 0.1) is 0 Å². The quantitative estimate of drug-likeness (QED) is 0.346. The second kappa shape index (κ2) is 10.8. The fourth-order valence-corrected chi connectivity index (χ4v) is 3.40. The Morgan fingerprint density at radius 1 is 0.857 bits per heavy atom. The van der Waals surface area contributed by atoms with Crippen molar-refractivity contribution in [2.45, 2.75) is 19.4 Å². The average Bonchev–Trinajstić information content (AvgIpc) is 3.40. The predicted octanol–water partition coefficient (Wildman–Crippen LogP) is 0.172. The molecule has 0 atom stereocenters. The molecular formula is C22H22N6O7. The summed E-state index contributed by atoms with van der Waals surface area (Å²) in [7, 11) is 3.05. The number of hydrogen-bond acceptors (Lipinski definition) is 11. The highest BCUT2D eigenvalue weighted by Crippen LogP contribution is 2.17. The summed E-state index contributed by atoms with van der Waals surface area (Å²) < 4.78 is 23.7. The zero-order valence-corrected chi connectivity index (χ0v) is 19.0. The Morgan fingerprint density at radius 3 is 1.86 bits per heavy atom. The van der Waals surface area contributed by atoms with Gasteiger partial charge in [-0.15, -0.1) is 0 Å².